The van der Waals surface area contributed by atoms with Gasteiger partial charge in [0.2, 0.25) is 0 Å². The van der Waals surface area contributed by atoms with Crippen molar-refractivity contribution in [3.05, 3.63) is 29.8 Å². The maximum absolute atomic E-state index is 13.1. The fourth-order valence-corrected chi connectivity index (χ4v) is 4.02. The fourth-order valence-electron chi connectivity index (χ4n) is 4.02. The van der Waals surface area contributed by atoms with Crippen LogP contribution in [0.2, 0.25) is 0 Å². The van der Waals surface area contributed by atoms with Gasteiger partial charge < -0.3 is 5.32 Å². The predicted molar refractivity (Wildman–Crippen MR) is 80.3 cm³/mol. The molecule has 1 aromatic carbocycles. The Labute approximate surface area is 124 Å². The van der Waals surface area contributed by atoms with Crippen molar-refractivity contribution in [2.24, 2.45) is 10.8 Å². The van der Waals surface area contributed by atoms with Gasteiger partial charge in [0, 0.05) is 11.7 Å². The number of para-hydroxylation sites is 1. The van der Waals surface area contributed by atoms with Crippen molar-refractivity contribution in [2.75, 3.05) is 5.32 Å². The molecular weight excluding hydrogens is 275 g/mol. The summed E-state index contributed by atoms with van der Waals surface area (Å²) in [6.07, 6.45) is -1.44. The minimum atomic E-state index is -4.32. The van der Waals surface area contributed by atoms with Crippen LogP contribution in [0, 0.1) is 10.8 Å². The van der Waals surface area contributed by atoms with Crippen LogP contribution in [0.1, 0.15) is 52.5 Å². The Hall–Kier alpha value is -1.19. The van der Waals surface area contributed by atoms with Crippen molar-refractivity contribution in [3.8, 4) is 0 Å². The van der Waals surface area contributed by atoms with Crippen LogP contribution >= 0.6 is 0 Å². The number of anilines is 1. The SMILES string of the molecule is CC1(C)CC(Nc2ccccc2C(F)(F)F)CC(C)(C)C1. The van der Waals surface area contributed by atoms with Crippen LogP contribution in [0.3, 0.4) is 0 Å². The van der Waals surface area contributed by atoms with Gasteiger partial charge in [-0.3, -0.25) is 0 Å². The van der Waals surface area contributed by atoms with Crippen LogP contribution in [0.4, 0.5) is 18.9 Å². The Balaban J connectivity index is 2.23. The molecule has 21 heavy (non-hydrogen) atoms. The smallest absolute Gasteiger partial charge is 0.382 e. The number of nitrogens with one attached hydrogen (secondary N) is 1. The average Bonchev–Trinajstić information content (AvgIpc) is 2.23. The molecule has 2 rings (SSSR count). The second kappa shape index (κ2) is 5.22. The minimum absolute atomic E-state index is 0.0762. The monoisotopic (exact) mass is 299 g/mol. The number of benzene rings is 1. The maximum Gasteiger partial charge on any atom is 0.418 e. The quantitative estimate of drug-likeness (QED) is 0.736. The molecule has 0 atom stereocenters. The molecule has 0 amide bonds. The summed E-state index contributed by atoms with van der Waals surface area (Å²) in [6.45, 7) is 8.77. The molecule has 0 aliphatic heterocycles. The molecule has 1 N–H and O–H groups in total. The highest BCUT2D eigenvalue weighted by atomic mass is 19.4. The molecule has 1 aliphatic carbocycles. The van der Waals surface area contributed by atoms with E-state index in [9.17, 15) is 13.2 Å². The van der Waals surface area contributed by atoms with E-state index in [1.54, 1.807) is 6.07 Å². The predicted octanol–water partition coefficient (Wildman–Crippen LogP) is 5.72. The van der Waals surface area contributed by atoms with Crippen LogP contribution < -0.4 is 5.32 Å². The molecule has 1 saturated carbocycles. The van der Waals surface area contributed by atoms with Gasteiger partial charge >= 0.3 is 6.18 Å². The second-order valence-electron chi connectivity index (χ2n) is 7.80. The van der Waals surface area contributed by atoms with Gasteiger partial charge in [0.15, 0.2) is 0 Å². The summed E-state index contributed by atoms with van der Waals surface area (Å²) in [7, 11) is 0. The highest BCUT2D eigenvalue weighted by molar-refractivity contribution is 5.53. The van der Waals surface area contributed by atoms with E-state index >= 15 is 0 Å². The zero-order valence-corrected chi connectivity index (χ0v) is 13.1. The Morgan fingerprint density at radius 1 is 1.00 bits per heavy atom. The van der Waals surface area contributed by atoms with Crippen LogP contribution in [0.5, 0.6) is 0 Å². The summed E-state index contributed by atoms with van der Waals surface area (Å²) in [6, 6.07) is 5.82. The molecule has 0 radical (unpaired) electrons. The Kier molecular flexibility index (Phi) is 4.02. The fraction of sp³-hybridized carbons (Fsp3) is 0.647. The van der Waals surface area contributed by atoms with Crippen LogP contribution in [-0.4, -0.2) is 6.04 Å². The first-order chi connectivity index (χ1) is 9.49. The number of halogens is 3. The van der Waals surface area contributed by atoms with Crippen molar-refractivity contribution in [1.82, 2.24) is 0 Å². The van der Waals surface area contributed by atoms with E-state index in [1.165, 1.54) is 12.1 Å². The van der Waals surface area contributed by atoms with E-state index in [1.807, 2.05) is 0 Å². The summed E-state index contributed by atoms with van der Waals surface area (Å²) in [5.41, 5.74) is -0.0891. The van der Waals surface area contributed by atoms with Gasteiger partial charge in [0.25, 0.3) is 0 Å². The average molecular weight is 299 g/mol. The molecule has 0 aromatic heterocycles. The van der Waals surface area contributed by atoms with Crippen LogP contribution in [0.15, 0.2) is 24.3 Å². The van der Waals surface area contributed by atoms with E-state index in [0.29, 0.717) is 0 Å². The highest BCUT2D eigenvalue weighted by Gasteiger charge is 2.39. The minimum Gasteiger partial charge on any atom is -0.382 e. The van der Waals surface area contributed by atoms with Gasteiger partial charge in [-0.1, -0.05) is 39.8 Å². The summed E-state index contributed by atoms with van der Waals surface area (Å²) in [4.78, 5) is 0. The van der Waals surface area contributed by atoms with Crippen molar-refractivity contribution in [1.29, 1.82) is 0 Å². The highest BCUT2D eigenvalue weighted by Crippen LogP contribution is 2.47. The normalized spacial score (nSPS) is 22.0. The summed E-state index contributed by atoms with van der Waals surface area (Å²) < 4.78 is 39.2. The van der Waals surface area contributed by atoms with Crippen LogP contribution in [0.25, 0.3) is 0 Å². The number of alkyl halides is 3. The first kappa shape index (κ1) is 16.2. The van der Waals surface area contributed by atoms with Gasteiger partial charge in [-0.15, -0.1) is 0 Å². The number of hydrogen-bond donors (Lipinski definition) is 1. The summed E-state index contributed by atoms with van der Waals surface area (Å²) in [5, 5.41) is 3.15. The van der Waals surface area contributed by atoms with Gasteiger partial charge in [0.1, 0.15) is 0 Å². The van der Waals surface area contributed by atoms with E-state index < -0.39 is 11.7 Å². The Bertz CT molecular complexity index is 487. The summed E-state index contributed by atoms with van der Waals surface area (Å²) >= 11 is 0. The van der Waals surface area contributed by atoms with Gasteiger partial charge in [-0.25, -0.2) is 0 Å². The molecule has 0 saturated heterocycles. The zero-order valence-electron chi connectivity index (χ0n) is 13.1. The van der Waals surface area contributed by atoms with E-state index in [4.69, 9.17) is 0 Å². The van der Waals surface area contributed by atoms with E-state index in [-0.39, 0.29) is 22.6 Å². The molecule has 0 bridgehead atoms. The van der Waals surface area contributed by atoms with Gasteiger partial charge in [-0.05, 0) is 42.2 Å². The first-order valence-electron chi connectivity index (χ1n) is 7.41. The van der Waals surface area contributed by atoms with Crippen molar-refractivity contribution < 1.29 is 13.2 Å². The third-order valence-corrected chi connectivity index (χ3v) is 4.15. The van der Waals surface area contributed by atoms with Crippen molar-refractivity contribution in [3.63, 3.8) is 0 Å². The van der Waals surface area contributed by atoms with Gasteiger partial charge in [0.05, 0.1) is 5.56 Å². The molecule has 1 aliphatic rings. The molecule has 0 heterocycles. The maximum atomic E-state index is 13.1. The second-order valence-corrected chi connectivity index (χ2v) is 7.80. The Morgan fingerprint density at radius 2 is 1.52 bits per heavy atom. The van der Waals surface area contributed by atoms with Gasteiger partial charge in [-0.2, -0.15) is 13.2 Å². The van der Waals surface area contributed by atoms with Crippen molar-refractivity contribution in [2.45, 2.75) is 59.2 Å². The lowest BCUT2D eigenvalue weighted by Gasteiger charge is -2.45. The molecular formula is C17H24F3N. The third kappa shape index (κ3) is 4.14. The van der Waals surface area contributed by atoms with Crippen LogP contribution in [-0.2, 0) is 6.18 Å². The van der Waals surface area contributed by atoms with E-state index in [0.717, 1.165) is 25.3 Å². The zero-order chi connectivity index (χ0) is 15.9. The molecule has 1 fully saturated rings. The summed E-state index contributed by atoms with van der Waals surface area (Å²) in [5.74, 6) is 0. The lowest BCUT2D eigenvalue weighted by molar-refractivity contribution is -0.137. The molecule has 118 valence electrons. The van der Waals surface area contributed by atoms with Crippen molar-refractivity contribution >= 4 is 5.69 Å². The first-order valence-corrected chi connectivity index (χ1v) is 7.41. The topological polar surface area (TPSA) is 12.0 Å². The lowest BCUT2D eigenvalue weighted by Crippen LogP contribution is -2.40. The molecule has 0 unspecified atom stereocenters. The standard InChI is InChI=1S/C17H24F3N/c1-15(2)9-12(10-16(3,4)11-15)21-14-8-6-5-7-13(14)17(18,19)20/h5-8,12,21H,9-11H2,1-4H3. The number of rotatable bonds is 2. The molecule has 1 nitrogen and oxygen atoms in total. The Morgan fingerprint density at radius 3 is 2.05 bits per heavy atom. The molecule has 1 aromatic rings. The third-order valence-electron chi connectivity index (χ3n) is 4.15. The van der Waals surface area contributed by atoms with E-state index in [2.05, 4.69) is 33.0 Å². The molecule has 4 heteroatoms. The largest absolute Gasteiger partial charge is 0.418 e. The lowest BCUT2D eigenvalue weighted by atomic mass is 9.63. The molecule has 0 spiro atoms. The number of hydrogen-bond acceptors (Lipinski definition) is 1.